The lowest BCUT2D eigenvalue weighted by atomic mass is 10.1. The zero-order valence-electron chi connectivity index (χ0n) is 17.6. The molecule has 2 rings (SSSR count). The summed E-state index contributed by atoms with van der Waals surface area (Å²) in [6, 6.07) is 6.07. The molecule has 2 N–H and O–H groups in total. The molecule has 2 amide bonds. The summed E-state index contributed by atoms with van der Waals surface area (Å²) < 4.78 is 4.94. The Labute approximate surface area is 175 Å². The minimum absolute atomic E-state index is 0.316. The number of carbonyl (C=O) groups is 2. The number of ether oxygens (including phenoxy) is 1. The number of nitrogens with zero attached hydrogens (tertiary/aromatic N) is 3. The number of hydrogen-bond donors (Lipinski definition) is 2. The van der Waals surface area contributed by atoms with Crippen molar-refractivity contribution in [2.24, 2.45) is 11.8 Å². The molecule has 2 aromatic rings. The van der Waals surface area contributed by atoms with E-state index in [1.54, 1.807) is 31.2 Å². The highest BCUT2D eigenvalue weighted by molar-refractivity contribution is 7.19. The van der Waals surface area contributed by atoms with Crippen LogP contribution in [-0.4, -0.2) is 41.9 Å². The van der Waals surface area contributed by atoms with Gasteiger partial charge in [0.25, 0.3) is 0 Å². The fraction of sp³-hybridized carbons (Fsp3) is 0.500. The molecule has 1 aromatic carbocycles. The quantitative estimate of drug-likeness (QED) is 0.582. The predicted octanol–water partition coefficient (Wildman–Crippen LogP) is 4.48. The molecule has 29 heavy (non-hydrogen) atoms. The first kappa shape index (κ1) is 22.6. The molecule has 158 valence electrons. The summed E-state index contributed by atoms with van der Waals surface area (Å²) in [5.74, 6) is 0.599. The molecule has 0 radical (unpaired) electrons. The Morgan fingerprint density at radius 1 is 1.03 bits per heavy atom. The number of rotatable bonds is 9. The zero-order valence-corrected chi connectivity index (χ0v) is 18.4. The van der Waals surface area contributed by atoms with E-state index in [1.165, 1.54) is 11.3 Å². The number of carbonyl (C=O) groups excluding carboxylic acids is 2. The summed E-state index contributed by atoms with van der Waals surface area (Å²) in [6.07, 6.45) is 0. The molecule has 0 bridgehead atoms. The zero-order chi connectivity index (χ0) is 21.4. The number of esters is 1. The molecule has 9 heteroatoms. The van der Waals surface area contributed by atoms with Crippen LogP contribution in [0.25, 0.3) is 0 Å². The van der Waals surface area contributed by atoms with E-state index < -0.39 is 12.0 Å². The number of benzene rings is 1. The van der Waals surface area contributed by atoms with Crippen molar-refractivity contribution in [3.63, 3.8) is 0 Å². The Hall–Kier alpha value is -2.68. The van der Waals surface area contributed by atoms with Gasteiger partial charge in [0.05, 0.1) is 12.2 Å². The molecule has 0 aliphatic carbocycles. The van der Waals surface area contributed by atoms with Crippen molar-refractivity contribution in [3.8, 4) is 0 Å². The molecule has 0 atom stereocenters. The Kier molecular flexibility index (Phi) is 8.38. The standard InChI is InChI=1S/C20H29N5O3S/c1-6-28-17(26)15-7-9-16(10-8-15)21-18(27)22-19-23-24-20(29-19)25(11-13(2)3)12-14(4)5/h7-10,13-14H,6,11-12H2,1-5H3,(H2,21,22,23,27). The van der Waals surface area contributed by atoms with Crippen molar-refractivity contribution >= 4 is 39.3 Å². The van der Waals surface area contributed by atoms with Gasteiger partial charge in [0.15, 0.2) is 0 Å². The number of anilines is 3. The van der Waals surface area contributed by atoms with E-state index in [1.807, 2.05) is 0 Å². The highest BCUT2D eigenvalue weighted by Gasteiger charge is 2.16. The lowest BCUT2D eigenvalue weighted by Crippen LogP contribution is -2.31. The maximum absolute atomic E-state index is 12.2. The van der Waals surface area contributed by atoms with E-state index in [-0.39, 0.29) is 0 Å². The fourth-order valence-electron chi connectivity index (χ4n) is 2.67. The van der Waals surface area contributed by atoms with Gasteiger partial charge >= 0.3 is 12.0 Å². The molecular formula is C20H29N5O3S. The number of urea groups is 1. The summed E-state index contributed by atoms with van der Waals surface area (Å²) >= 11 is 1.35. The molecule has 1 aromatic heterocycles. The summed E-state index contributed by atoms with van der Waals surface area (Å²) in [5, 5.41) is 15.0. The van der Waals surface area contributed by atoms with E-state index in [2.05, 4.69) is 53.4 Å². The Bertz CT molecular complexity index is 795. The second kappa shape index (κ2) is 10.8. The van der Waals surface area contributed by atoms with Gasteiger partial charge in [0.1, 0.15) is 0 Å². The van der Waals surface area contributed by atoms with E-state index in [0.29, 0.717) is 34.8 Å². The van der Waals surface area contributed by atoms with Crippen LogP contribution in [0.4, 0.5) is 20.7 Å². The molecule has 0 fully saturated rings. The normalized spacial score (nSPS) is 10.9. The molecule has 0 saturated carbocycles. The van der Waals surface area contributed by atoms with Crippen LogP contribution in [-0.2, 0) is 4.74 Å². The number of aromatic nitrogens is 2. The molecule has 0 spiro atoms. The van der Waals surface area contributed by atoms with Gasteiger partial charge in [0.2, 0.25) is 10.3 Å². The van der Waals surface area contributed by atoms with Gasteiger partial charge in [-0.1, -0.05) is 39.0 Å². The van der Waals surface area contributed by atoms with E-state index in [4.69, 9.17) is 4.74 Å². The average Bonchev–Trinajstić information content (AvgIpc) is 3.09. The molecule has 0 aliphatic heterocycles. The summed E-state index contributed by atoms with van der Waals surface area (Å²) in [7, 11) is 0. The van der Waals surface area contributed by atoms with E-state index in [9.17, 15) is 9.59 Å². The maximum Gasteiger partial charge on any atom is 0.338 e. The third kappa shape index (κ3) is 7.34. The van der Waals surface area contributed by atoms with E-state index >= 15 is 0 Å². The van der Waals surface area contributed by atoms with Crippen LogP contribution < -0.4 is 15.5 Å². The second-order valence-corrected chi connectivity index (χ2v) is 8.42. The van der Waals surface area contributed by atoms with Crippen molar-refractivity contribution in [3.05, 3.63) is 29.8 Å². The summed E-state index contributed by atoms with van der Waals surface area (Å²) in [6.45, 7) is 12.5. The highest BCUT2D eigenvalue weighted by Crippen LogP contribution is 2.25. The van der Waals surface area contributed by atoms with Gasteiger partial charge in [-0.2, -0.15) is 0 Å². The minimum atomic E-state index is -0.421. The van der Waals surface area contributed by atoms with Gasteiger partial charge < -0.3 is 15.0 Å². The highest BCUT2D eigenvalue weighted by atomic mass is 32.1. The van der Waals surface area contributed by atoms with Crippen LogP contribution >= 0.6 is 11.3 Å². The molecule has 0 unspecified atom stereocenters. The van der Waals surface area contributed by atoms with Crippen molar-refractivity contribution in [1.82, 2.24) is 10.2 Å². The van der Waals surface area contributed by atoms with Crippen molar-refractivity contribution in [2.75, 3.05) is 35.2 Å². The van der Waals surface area contributed by atoms with Crippen LogP contribution in [0.15, 0.2) is 24.3 Å². The summed E-state index contributed by atoms with van der Waals surface area (Å²) in [5.41, 5.74) is 0.989. The van der Waals surface area contributed by atoms with Gasteiger partial charge in [-0.25, -0.2) is 9.59 Å². The van der Waals surface area contributed by atoms with Crippen LogP contribution in [0.5, 0.6) is 0 Å². The van der Waals surface area contributed by atoms with E-state index in [0.717, 1.165) is 18.2 Å². The first-order chi connectivity index (χ1) is 13.8. The molecular weight excluding hydrogens is 390 g/mol. The fourth-order valence-corrected chi connectivity index (χ4v) is 3.43. The Balaban J connectivity index is 1.96. The van der Waals surface area contributed by atoms with Crippen molar-refractivity contribution < 1.29 is 14.3 Å². The third-order valence-electron chi connectivity index (χ3n) is 3.73. The lowest BCUT2D eigenvalue weighted by Gasteiger charge is -2.25. The number of amides is 2. The largest absolute Gasteiger partial charge is 0.462 e. The first-order valence-corrected chi connectivity index (χ1v) is 10.5. The summed E-state index contributed by atoms with van der Waals surface area (Å²) in [4.78, 5) is 26.1. The SMILES string of the molecule is CCOC(=O)c1ccc(NC(=O)Nc2nnc(N(CC(C)C)CC(C)C)s2)cc1. The molecule has 0 aliphatic rings. The van der Waals surface area contributed by atoms with Crippen LogP contribution in [0, 0.1) is 11.8 Å². The van der Waals surface area contributed by atoms with Crippen molar-refractivity contribution in [1.29, 1.82) is 0 Å². The Morgan fingerprint density at radius 2 is 1.66 bits per heavy atom. The maximum atomic E-state index is 12.2. The third-order valence-corrected chi connectivity index (χ3v) is 4.63. The minimum Gasteiger partial charge on any atom is -0.462 e. The monoisotopic (exact) mass is 419 g/mol. The van der Waals surface area contributed by atoms with Crippen LogP contribution in [0.1, 0.15) is 45.0 Å². The lowest BCUT2D eigenvalue weighted by molar-refractivity contribution is 0.0526. The number of nitrogens with one attached hydrogen (secondary N) is 2. The Morgan fingerprint density at radius 3 is 2.21 bits per heavy atom. The smallest absolute Gasteiger partial charge is 0.338 e. The molecule has 1 heterocycles. The van der Waals surface area contributed by atoms with Crippen molar-refractivity contribution in [2.45, 2.75) is 34.6 Å². The predicted molar refractivity (Wildman–Crippen MR) is 117 cm³/mol. The van der Waals surface area contributed by atoms with Crippen LogP contribution in [0.2, 0.25) is 0 Å². The van der Waals surface area contributed by atoms with Gasteiger partial charge in [-0.3, -0.25) is 5.32 Å². The molecule has 8 nitrogen and oxygen atoms in total. The average molecular weight is 420 g/mol. The van der Waals surface area contributed by atoms with Gasteiger partial charge in [0, 0.05) is 18.8 Å². The number of hydrogen-bond acceptors (Lipinski definition) is 7. The second-order valence-electron chi connectivity index (χ2n) is 7.46. The first-order valence-electron chi connectivity index (χ1n) is 9.72. The van der Waals surface area contributed by atoms with Gasteiger partial charge in [-0.05, 0) is 43.0 Å². The molecule has 0 saturated heterocycles. The topological polar surface area (TPSA) is 96.4 Å². The van der Waals surface area contributed by atoms with Gasteiger partial charge in [-0.15, -0.1) is 10.2 Å². The van der Waals surface area contributed by atoms with Crippen LogP contribution in [0.3, 0.4) is 0 Å².